The van der Waals surface area contributed by atoms with Crippen molar-refractivity contribution in [1.29, 1.82) is 0 Å². The predicted molar refractivity (Wildman–Crippen MR) is 111 cm³/mol. The fraction of sp³-hybridized carbons (Fsp3) is 0.130. The minimum atomic E-state index is -0.531. The molecule has 0 aliphatic heterocycles. The third-order valence-electron chi connectivity index (χ3n) is 3.98. The maximum absolute atomic E-state index is 12.3. The van der Waals surface area contributed by atoms with Crippen molar-refractivity contribution in [3.05, 3.63) is 77.9 Å². The summed E-state index contributed by atoms with van der Waals surface area (Å²) >= 11 is 0. The van der Waals surface area contributed by atoms with Crippen molar-refractivity contribution in [3.63, 3.8) is 0 Å². The van der Waals surface area contributed by atoms with E-state index in [4.69, 9.17) is 9.47 Å². The van der Waals surface area contributed by atoms with Crippen LogP contribution in [0.3, 0.4) is 0 Å². The third kappa shape index (κ3) is 5.59. The van der Waals surface area contributed by atoms with Crippen molar-refractivity contribution in [1.82, 2.24) is 0 Å². The van der Waals surface area contributed by atoms with Crippen LogP contribution in [0.15, 0.2) is 71.7 Å². The number of aromatic hydroxyl groups is 2. The molecule has 6 heteroatoms. The van der Waals surface area contributed by atoms with Crippen molar-refractivity contribution in [3.8, 4) is 23.0 Å². The average molecular weight is 391 g/mol. The lowest BCUT2D eigenvalue weighted by Gasteiger charge is -2.08. The Balaban J connectivity index is 1.65. The maximum atomic E-state index is 12.3. The van der Waals surface area contributed by atoms with Gasteiger partial charge in [-0.15, -0.1) is 0 Å². The molecule has 3 aromatic carbocycles. The van der Waals surface area contributed by atoms with Crippen LogP contribution in [0.1, 0.15) is 29.3 Å². The largest absolute Gasteiger partial charge is 0.508 e. The molecular formula is C23H21NO5. The summed E-state index contributed by atoms with van der Waals surface area (Å²) in [7, 11) is 0. The number of benzene rings is 3. The number of aliphatic imine (C=N–C) groups is 1. The first-order chi connectivity index (χ1) is 14.0. The maximum Gasteiger partial charge on any atom is 0.343 e. The number of carbonyl (C=O) groups is 1. The molecule has 2 N–H and O–H groups in total. The van der Waals surface area contributed by atoms with Crippen LogP contribution in [-0.2, 0) is 0 Å². The Labute approximate surface area is 168 Å². The average Bonchev–Trinajstić information content (AvgIpc) is 2.73. The van der Waals surface area contributed by atoms with Crippen LogP contribution in [0.2, 0.25) is 0 Å². The normalized spacial score (nSPS) is 10.8. The Hall–Kier alpha value is -3.80. The molecule has 3 aromatic rings. The number of esters is 1. The van der Waals surface area contributed by atoms with E-state index in [2.05, 4.69) is 4.99 Å². The first-order valence-corrected chi connectivity index (χ1v) is 9.16. The van der Waals surface area contributed by atoms with Crippen LogP contribution < -0.4 is 9.47 Å². The van der Waals surface area contributed by atoms with Crippen molar-refractivity contribution in [2.45, 2.75) is 13.3 Å². The summed E-state index contributed by atoms with van der Waals surface area (Å²) in [5, 5.41) is 19.5. The number of phenols is 2. The van der Waals surface area contributed by atoms with E-state index in [0.717, 1.165) is 6.42 Å². The highest BCUT2D eigenvalue weighted by Gasteiger charge is 2.10. The smallest absolute Gasteiger partial charge is 0.343 e. The molecule has 29 heavy (non-hydrogen) atoms. The molecule has 0 unspecified atom stereocenters. The van der Waals surface area contributed by atoms with Gasteiger partial charge in [0.1, 0.15) is 23.0 Å². The SMILES string of the molecule is CCCOc1ccc(C(=O)Oc2ccc(C=Nc3ccc(O)cc3)c(O)c2)cc1. The first-order valence-electron chi connectivity index (χ1n) is 9.16. The van der Waals surface area contributed by atoms with Crippen molar-refractivity contribution in [2.75, 3.05) is 6.61 Å². The number of ether oxygens (including phenoxy) is 2. The van der Waals surface area contributed by atoms with E-state index in [9.17, 15) is 15.0 Å². The van der Waals surface area contributed by atoms with E-state index < -0.39 is 5.97 Å². The molecule has 6 nitrogen and oxygen atoms in total. The molecule has 0 fully saturated rings. The van der Waals surface area contributed by atoms with Gasteiger partial charge in [-0.1, -0.05) is 6.92 Å². The van der Waals surface area contributed by atoms with Gasteiger partial charge in [-0.25, -0.2) is 4.79 Å². The zero-order valence-corrected chi connectivity index (χ0v) is 15.9. The molecule has 0 atom stereocenters. The van der Waals surface area contributed by atoms with Gasteiger partial charge in [0, 0.05) is 17.8 Å². The number of hydrogen-bond donors (Lipinski definition) is 2. The second-order valence-electron chi connectivity index (χ2n) is 6.26. The van der Waals surface area contributed by atoms with Gasteiger partial charge in [-0.3, -0.25) is 4.99 Å². The van der Waals surface area contributed by atoms with Gasteiger partial charge in [0.05, 0.1) is 17.9 Å². The molecule has 3 rings (SSSR count). The molecule has 0 saturated heterocycles. The van der Waals surface area contributed by atoms with Crippen molar-refractivity contribution >= 4 is 17.9 Å². The lowest BCUT2D eigenvalue weighted by Crippen LogP contribution is -2.08. The molecule has 0 spiro atoms. The van der Waals surface area contributed by atoms with Gasteiger partial charge in [0.2, 0.25) is 0 Å². The summed E-state index contributed by atoms with van der Waals surface area (Å²) in [5.41, 5.74) is 1.48. The highest BCUT2D eigenvalue weighted by atomic mass is 16.5. The fourth-order valence-corrected chi connectivity index (χ4v) is 2.45. The van der Waals surface area contributed by atoms with E-state index in [1.165, 1.54) is 24.4 Å². The Morgan fingerprint density at radius 2 is 1.66 bits per heavy atom. The number of nitrogens with zero attached hydrogens (tertiary/aromatic N) is 1. The Kier molecular flexibility index (Phi) is 6.47. The van der Waals surface area contributed by atoms with Crippen LogP contribution >= 0.6 is 0 Å². The molecule has 148 valence electrons. The number of phenolic OH excluding ortho intramolecular Hbond substituents is 2. The van der Waals surface area contributed by atoms with Gasteiger partial charge in [0.25, 0.3) is 0 Å². The van der Waals surface area contributed by atoms with Gasteiger partial charge < -0.3 is 19.7 Å². The number of carbonyl (C=O) groups excluding carboxylic acids is 1. The molecule has 0 radical (unpaired) electrons. The molecule has 0 bridgehead atoms. The Morgan fingerprint density at radius 1 is 0.966 bits per heavy atom. The van der Waals surface area contributed by atoms with E-state index in [1.807, 2.05) is 6.92 Å². The summed E-state index contributed by atoms with van der Waals surface area (Å²) < 4.78 is 10.8. The summed E-state index contributed by atoms with van der Waals surface area (Å²) in [5.74, 6) is 0.470. The summed E-state index contributed by atoms with van der Waals surface area (Å²) in [4.78, 5) is 16.5. The molecule has 0 amide bonds. The second kappa shape index (κ2) is 9.41. The summed E-state index contributed by atoms with van der Waals surface area (Å²) in [6, 6.07) is 17.6. The zero-order valence-electron chi connectivity index (χ0n) is 15.9. The molecule has 0 aliphatic rings. The van der Waals surface area contributed by atoms with Crippen LogP contribution in [-0.4, -0.2) is 29.0 Å². The zero-order chi connectivity index (χ0) is 20.6. The second-order valence-corrected chi connectivity index (χ2v) is 6.26. The van der Waals surface area contributed by atoms with Crippen LogP contribution in [0.5, 0.6) is 23.0 Å². The number of hydrogen-bond acceptors (Lipinski definition) is 6. The minimum Gasteiger partial charge on any atom is -0.508 e. The first kappa shape index (κ1) is 19.9. The summed E-state index contributed by atoms with van der Waals surface area (Å²) in [6.45, 7) is 2.64. The highest BCUT2D eigenvalue weighted by molar-refractivity contribution is 5.91. The van der Waals surface area contributed by atoms with E-state index in [1.54, 1.807) is 48.5 Å². The quantitative estimate of drug-likeness (QED) is 0.341. The Bertz CT molecular complexity index is 995. The molecule has 0 heterocycles. The van der Waals surface area contributed by atoms with Crippen LogP contribution in [0, 0.1) is 0 Å². The molecule has 0 aliphatic carbocycles. The van der Waals surface area contributed by atoms with Crippen molar-refractivity contribution in [2.24, 2.45) is 4.99 Å². The van der Waals surface area contributed by atoms with Crippen molar-refractivity contribution < 1.29 is 24.5 Å². The van der Waals surface area contributed by atoms with Gasteiger partial charge in [-0.05, 0) is 67.1 Å². The summed E-state index contributed by atoms with van der Waals surface area (Å²) in [6.07, 6.45) is 2.39. The lowest BCUT2D eigenvalue weighted by molar-refractivity contribution is 0.0734. The van der Waals surface area contributed by atoms with Crippen LogP contribution in [0.25, 0.3) is 0 Å². The standard InChI is InChI=1S/C23H21NO5/c1-2-13-28-20-10-3-16(4-11-20)23(27)29-21-12-5-17(22(26)14-21)15-24-18-6-8-19(25)9-7-18/h3-12,14-15,25-26H,2,13H2,1H3. The minimum absolute atomic E-state index is 0.0684. The predicted octanol–water partition coefficient (Wildman–Crippen LogP) is 4.86. The Morgan fingerprint density at radius 3 is 2.31 bits per heavy atom. The van der Waals surface area contributed by atoms with Gasteiger partial charge >= 0.3 is 5.97 Å². The van der Waals surface area contributed by atoms with Gasteiger partial charge in [0.15, 0.2) is 0 Å². The fourth-order valence-electron chi connectivity index (χ4n) is 2.45. The lowest BCUT2D eigenvalue weighted by atomic mass is 10.2. The third-order valence-corrected chi connectivity index (χ3v) is 3.98. The number of rotatable bonds is 7. The molecule has 0 aromatic heterocycles. The topological polar surface area (TPSA) is 88.4 Å². The highest BCUT2D eigenvalue weighted by Crippen LogP contribution is 2.25. The van der Waals surface area contributed by atoms with Gasteiger partial charge in [-0.2, -0.15) is 0 Å². The molecular weight excluding hydrogens is 370 g/mol. The van der Waals surface area contributed by atoms with E-state index in [0.29, 0.717) is 29.2 Å². The molecule has 0 saturated carbocycles. The van der Waals surface area contributed by atoms with Crippen LogP contribution in [0.4, 0.5) is 5.69 Å². The van der Waals surface area contributed by atoms with E-state index >= 15 is 0 Å². The monoisotopic (exact) mass is 391 g/mol. The van der Waals surface area contributed by atoms with E-state index in [-0.39, 0.29) is 17.2 Å².